The third kappa shape index (κ3) is 3.69. The number of alkyl halides is 3. The molecule has 3 heterocycles. The van der Waals surface area contributed by atoms with E-state index in [2.05, 4.69) is 26.2 Å². The highest BCUT2D eigenvalue weighted by Crippen LogP contribution is 2.34. The van der Waals surface area contributed by atoms with E-state index in [1.54, 1.807) is 0 Å². The topological polar surface area (TPSA) is 56.1 Å². The molecule has 4 rings (SSSR count). The zero-order chi connectivity index (χ0) is 19.2. The van der Waals surface area contributed by atoms with E-state index >= 15 is 0 Å². The van der Waals surface area contributed by atoms with Crippen molar-refractivity contribution in [2.24, 2.45) is 5.92 Å². The predicted molar refractivity (Wildman–Crippen MR) is 94.7 cm³/mol. The number of hydrogen-bond acceptors (Lipinski definition) is 3. The first-order valence-corrected chi connectivity index (χ1v) is 9.44. The van der Waals surface area contributed by atoms with Crippen molar-refractivity contribution >= 4 is 21.8 Å². The molecule has 0 saturated heterocycles. The largest absolute Gasteiger partial charge is 0.491 e. The molecule has 2 aromatic rings. The minimum atomic E-state index is -4.23. The van der Waals surface area contributed by atoms with Gasteiger partial charge in [-0.1, -0.05) is 22.0 Å². The number of carbonyl (C=O) groups excluding carboxylic acids is 1. The van der Waals surface area contributed by atoms with Gasteiger partial charge in [-0.15, -0.1) is 0 Å². The van der Waals surface area contributed by atoms with Gasteiger partial charge in [0, 0.05) is 35.6 Å². The van der Waals surface area contributed by atoms with E-state index < -0.39 is 18.0 Å². The average molecular weight is 444 g/mol. The summed E-state index contributed by atoms with van der Waals surface area (Å²) in [6.45, 7) is 0.144. The fourth-order valence-corrected chi connectivity index (χ4v) is 4.05. The van der Waals surface area contributed by atoms with Crippen LogP contribution >= 0.6 is 15.9 Å². The maximum Gasteiger partial charge on any atom is 0.393 e. The van der Waals surface area contributed by atoms with Crippen LogP contribution in [0.25, 0.3) is 0 Å². The van der Waals surface area contributed by atoms with Crippen LogP contribution in [-0.2, 0) is 19.4 Å². The second-order valence-corrected chi connectivity index (χ2v) is 7.73. The first-order chi connectivity index (χ1) is 12.8. The van der Waals surface area contributed by atoms with Gasteiger partial charge < -0.3 is 14.6 Å². The lowest BCUT2D eigenvalue weighted by molar-refractivity contribution is -0.182. The Kier molecular flexibility index (Phi) is 4.65. The Morgan fingerprint density at radius 1 is 1.37 bits per heavy atom. The second kappa shape index (κ2) is 6.85. The fourth-order valence-electron chi connectivity index (χ4n) is 3.54. The highest BCUT2D eigenvalue weighted by Gasteiger charge is 2.41. The SMILES string of the molecule is O=C(NC1COc2cccc(Br)c2C1)c1cn2c(n1)CCC(C(F)(F)F)C2. The van der Waals surface area contributed by atoms with Crippen LogP contribution < -0.4 is 10.1 Å². The van der Waals surface area contributed by atoms with Crippen molar-refractivity contribution in [2.45, 2.75) is 38.0 Å². The lowest BCUT2D eigenvalue weighted by Gasteiger charge is -2.26. The molecule has 0 bridgehead atoms. The van der Waals surface area contributed by atoms with Crippen LogP contribution in [0.5, 0.6) is 5.75 Å². The predicted octanol–water partition coefficient (Wildman–Crippen LogP) is 3.50. The highest BCUT2D eigenvalue weighted by molar-refractivity contribution is 9.10. The smallest absolute Gasteiger partial charge is 0.393 e. The monoisotopic (exact) mass is 443 g/mol. The van der Waals surface area contributed by atoms with Crippen LogP contribution in [0.1, 0.15) is 28.3 Å². The Labute approximate surface area is 162 Å². The molecule has 144 valence electrons. The Morgan fingerprint density at radius 3 is 2.96 bits per heavy atom. The van der Waals surface area contributed by atoms with Crippen molar-refractivity contribution in [1.82, 2.24) is 14.9 Å². The maximum atomic E-state index is 12.9. The van der Waals surface area contributed by atoms with E-state index in [9.17, 15) is 18.0 Å². The van der Waals surface area contributed by atoms with Gasteiger partial charge in [0.05, 0.1) is 12.0 Å². The van der Waals surface area contributed by atoms with Crippen LogP contribution in [0.2, 0.25) is 0 Å². The first kappa shape index (κ1) is 18.3. The Morgan fingerprint density at radius 2 is 2.19 bits per heavy atom. The number of halogens is 4. The lowest BCUT2D eigenvalue weighted by atomic mass is 9.99. The second-order valence-electron chi connectivity index (χ2n) is 6.87. The van der Waals surface area contributed by atoms with Crippen LogP contribution in [0.3, 0.4) is 0 Å². The van der Waals surface area contributed by atoms with Crippen LogP contribution in [0.15, 0.2) is 28.9 Å². The summed E-state index contributed by atoms with van der Waals surface area (Å²) in [6.07, 6.45) is -2.00. The molecule has 0 radical (unpaired) electrons. The summed E-state index contributed by atoms with van der Waals surface area (Å²) < 4.78 is 46.8. The number of aromatic nitrogens is 2. The van der Waals surface area contributed by atoms with E-state index in [1.165, 1.54) is 10.8 Å². The molecule has 0 spiro atoms. The minimum Gasteiger partial charge on any atom is -0.491 e. The molecule has 0 aliphatic carbocycles. The van der Waals surface area contributed by atoms with Gasteiger partial charge in [-0.05, 0) is 18.6 Å². The highest BCUT2D eigenvalue weighted by atomic mass is 79.9. The number of ether oxygens (including phenoxy) is 1. The van der Waals surface area contributed by atoms with E-state index in [0.29, 0.717) is 18.9 Å². The number of rotatable bonds is 2. The number of imidazole rings is 1. The van der Waals surface area contributed by atoms with Crippen LogP contribution in [0, 0.1) is 5.92 Å². The molecule has 2 aliphatic rings. The number of nitrogens with one attached hydrogen (secondary N) is 1. The zero-order valence-corrected chi connectivity index (χ0v) is 15.8. The molecule has 2 aliphatic heterocycles. The molecule has 27 heavy (non-hydrogen) atoms. The quantitative estimate of drug-likeness (QED) is 0.772. The summed E-state index contributed by atoms with van der Waals surface area (Å²) in [7, 11) is 0. The molecule has 2 atom stereocenters. The number of amides is 1. The Bertz CT molecular complexity index is 881. The summed E-state index contributed by atoms with van der Waals surface area (Å²) in [5.74, 6) is -0.487. The van der Waals surface area contributed by atoms with Gasteiger partial charge >= 0.3 is 6.18 Å². The molecule has 1 N–H and O–H groups in total. The minimum absolute atomic E-state index is 0.00283. The fraction of sp³-hybridized carbons (Fsp3) is 0.444. The van der Waals surface area contributed by atoms with Crippen LogP contribution in [-0.4, -0.2) is 34.3 Å². The molecular weight excluding hydrogens is 427 g/mol. The number of aryl methyl sites for hydroxylation is 1. The molecule has 9 heteroatoms. The number of fused-ring (bicyclic) bond motifs is 2. The van der Waals surface area contributed by atoms with Crippen molar-refractivity contribution in [3.63, 3.8) is 0 Å². The summed E-state index contributed by atoms with van der Waals surface area (Å²) in [5.41, 5.74) is 1.12. The Hall–Kier alpha value is -2.03. The molecule has 0 saturated carbocycles. The normalized spacial score (nSPS) is 21.8. The number of carbonyl (C=O) groups is 1. The molecule has 1 aromatic carbocycles. The Balaban J connectivity index is 1.45. The lowest BCUT2D eigenvalue weighted by Crippen LogP contribution is -2.43. The standard InChI is InChI=1S/C18H17BrF3N3O2/c19-13-2-1-3-15-12(13)6-11(9-27-15)23-17(26)14-8-25-7-10(18(20,21)22)4-5-16(25)24-14/h1-3,8,10-11H,4-7,9H2,(H,23,26). The van der Waals surface area contributed by atoms with Crippen molar-refractivity contribution in [3.8, 4) is 5.75 Å². The van der Waals surface area contributed by atoms with E-state index in [1.807, 2.05) is 18.2 Å². The maximum absolute atomic E-state index is 12.9. The van der Waals surface area contributed by atoms with Gasteiger partial charge in [-0.3, -0.25) is 4.79 Å². The van der Waals surface area contributed by atoms with Crippen molar-refractivity contribution < 1.29 is 22.7 Å². The summed E-state index contributed by atoms with van der Waals surface area (Å²) >= 11 is 3.48. The molecule has 2 unspecified atom stereocenters. The molecule has 5 nitrogen and oxygen atoms in total. The third-order valence-electron chi connectivity index (χ3n) is 4.99. The van der Waals surface area contributed by atoms with Gasteiger partial charge in [-0.2, -0.15) is 13.2 Å². The summed E-state index contributed by atoms with van der Waals surface area (Å²) in [5, 5.41) is 2.87. The van der Waals surface area contributed by atoms with Gasteiger partial charge in [0.25, 0.3) is 5.91 Å². The third-order valence-corrected chi connectivity index (χ3v) is 5.73. The number of benzene rings is 1. The molecular formula is C18H17BrF3N3O2. The molecule has 1 amide bonds. The van der Waals surface area contributed by atoms with Gasteiger partial charge in [-0.25, -0.2) is 4.98 Å². The number of hydrogen-bond donors (Lipinski definition) is 1. The number of nitrogens with zero attached hydrogens (tertiary/aromatic N) is 2. The summed E-state index contributed by atoms with van der Waals surface area (Å²) in [4.78, 5) is 16.8. The zero-order valence-electron chi connectivity index (χ0n) is 14.2. The van der Waals surface area contributed by atoms with Gasteiger partial charge in [0.1, 0.15) is 23.9 Å². The van der Waals surface area contributed by atoms with Gasteiger partial charge in [0.15, 0.2) is 0 Å². The van der Waals surface area contributed by atoms with E-state index in [4.69, 9.17) is 4.74 Å². The average Bonchev–Trinajstić information content (AvgIpc) is 3.05. The molecule has 0 fully saturated rings. The first-order valence-electron chi connectivity index (χ1n) is 8.65. The van der Waals surface area contributed by atoms with Crippen molar-refractivity contribution in [2.75, 3.05) is 6.61 Å². The van der Waals surface area contributed by atoms with E-state index in [-0.39, 0.29) is 31.1 Å². The van der Waals surface area contributed by atoms with Crippen molar-refractivity contribution in [3.05, 3.63) is 46.0 Å². The van der Waals surface area contributed by atoms with Crippen LogP contribution in [0.4, 0.5) is 13.2 Å². The van der Waals surface area contributed by atoms with Crippen molar-refractivity contribution in [1.29, 1.82) is 0 Å². The van der Waals surface area contributed by atoms with E-state index in [0.717, 1.165) is 15.8 Å². The summed E-state index contributed by atoms with van der Waals surface area (Å²) in [6, 6.07) is 5.43. The van der Waals surface area contributed by atoms with Gasteiger partial charge in [0.2, 0.25) is 0 Å². The molecule has 1 aromatic heterocycles.